The molecule has 0 spiro atoms. The number of hydrogen-bond donors (Lipinski definition) is 1. The molecule has 1 aliphatic rings. The van der Waals surface area contributed by atoms with E-state index in [9.17, 15) is 9.18 Å². The Labute approximate surface area is 141 Å². The summed E-state index contributed by atoms with van der Waals surface area (Å²) in [6, 6.07) is 10.1. The summed E-state index contributed by atoms with van der Waals surface area (Å²) < 4.78 is 13.6. The van der Waals surface area contributed by atoms with Gasteiger partial charge in [-0.15, -0.1) is 0 Å². The summed E-state index contributed by atoms with van der Waals surface area (Å²) in [6.45, 7) is 3.99. The highest BCUT2D eigenvalue weighted by Gasteiger charge is 2.16. The van der Waals surface area contributed by atoms with Crippen molar-refractivity contribution in [1.29, 1.82) is 0 Å². The number of pyridine rings is 1. The molecule has 5 nitrogen and oxygen atoms in total. The van der Waals surface area contributed by atoms with Gasteiger partial charge in [-0.1, -0.05) is 18.2 Å². The standard InChI is InChI=1S/C18H21FN4O/c1-22-8-10-23(11-9-22)15-6-7-20-17(12-15)18(24)21-13-14-4-2-3-5-16(14)19/h2-7,12H,8-11,13H2,1H3,(H,21,24). The van der Waals surface area contributed by atoms with Gasteiger partial charge in [0.1, 0.15) is 11.5 Å². The van der Waals surface area contributed by atoms with Gasteiger partial charge >= 0.3 is 0 Å². The van der Waals surface area contributed by atoms with E-state index in [-0.39, 0.29) is 18.3 Å². The third-order valence-corrected chi connectivity index (χ3v) is 4.24. The Morgan fingerprint density at radius 1 is 1.21 bits per heavy atom. The largest absolute Gasteiger partial charge is 0.369 e. The van der Waals surface area contributed by atoms with Gasteiger partial charge in [0, 0.05) is 50.2 Å². The Morgan fingerprint density at radius 3 is 2.71 bits per heavy atom. The number of benzene rings is 1. The van der Waals surface area contributed by atoms with Gasteiger partial charge in [-0.3, -0.25) is 9.78 Å². The van der Waals surface area contributed by atoms with Crippen LogP contribution in [0.5, 0.6) is 0 Å². The van der Waals surface area contributed by atoms with Crippen LogP contribution in [-0.2, 0) is 6.54 Å². The highest BCUT2D eigenvalue weighted by molar-refractivity contribution is 5.93. The van der Waals surface area contributed by atoms with Crippen molar-refractivity contribution in [3.05, 3.63) is 59.7 Å². The van der Waals surface area contributed by atoms with Crippen LogP contribution in [0.1, 0.15) is 16.1 Å². The number of amides is 1. The minimum atomic E-state index is -0.322. The van der Waals surface area contributed by atoms with Crippen LogP contribution in [0.25, 0.3) is 0 Å². The van der Waals surface area contributed by atoms with Crippen LogP contribution in [0.3, 0.4) is 0 Å². The van der Waals surface area contributed by atoms with Gasteiger partial charge in [-0.25, -0.2) is 4.39 Å². The van der Waals surface area contributed by atoms with Crippen LogP contribution in [0.15, 0.2) is 42.6 Å². The van der Waals surface area contributed by atoms with Gasteiger partial charge in [0.25, 0.3) is 5.91 Å². The molecule has 0 unspecified atom stereocenters. The molecule has 2 aromatic rings. The molecule has 0 radical (unpaired) electrons. The highest BCUT2D eigenvalue weighted by atomic mass is 19.1. The van der Waals surface area contributed by atoms with E-state index in [4.69, 9.17) is 0 Å². The summed E-state index contributed by atoms with van der Waals surface area (Å²) in [7, 11) is 2.10. The number of aromatic nitrogens is 1. The first-order valence-electron chi connectivity index (χ1n) is 8.04. The second-order valence-corrected chi connectivity index (χ2v) is 5.96. The molecule has 1 amide bonds. The van der Waals surface area contributed by atoms with Crippen LogP contribution in [0, 0.1) is 5.82 Å². The molecule has 1 N–H and O–H groups in total. The monoisotopic (exact) mass is 328 g/mol. The van der Waals surface area contributed by atoms with Crippen molar-refractivity contribution >= 4 is 11.6 Å². The minimum absolute atomic E-state index is 0.145. The van der Waals surface area contributed by atoms with Gasteiger partial charge in [0.15, 0.2) is 0 Å². The third kappa shape index (κ3) is 3.89. The van der Waals surface area contributed by atoms with Gasteiger partial charge in [0.05, 0.1) is 0 Å². The lowest BCUT2D eigenvalue weighted by Crippen LogP contribution is -2.44. The van der Waals surface area contributed by atoms with Crippen molar-refractivity contribution in [3.63, 3.8) is 0 Å². The number of carbonyl (C=O) groups is 1. The molecule has 1 saturated heterocycles. The summed E-state index contributed by atoms with van der Waals surface area (Å²) in [4.78, 5) is 21.0. The van der Waals surface area contributed by atoms with Crippen molar-refractivity contribution in [3.8, 4) is 0 Å². The molecule has 3 rings (SSSR count). The molecule has 1 aromatic carbocycles. The summed E-state index contributed by atoms with van der Waals surface area (Å²) in [5.74, 6) is -0.619. The minimum Gasteiger partial charge on any atom is -0.369 e. The van der Waals surface area contributed by atoms with Crippen LogP contribution in [-0.4, -0.2) is 49.0 Å². The predicted octanol–water partition coefficient (Wildman–Crippen LogP) is 1.90. The van der Waals surface area contributed by atoms with E-state index in [1.54, 1.807) is 30.5 Å². The van der Waals surface area contributed by atoms with Crippen LogP contribution < -0.4 is 10.2 Å². The number of halogens is 1. The second kappa shape index (κ2) is 7.40. The SMILES string of the molecule is CN1CCN(c2ccnc(C(=O)NCc3ccccc3F)c2)CC1. The zero-order chi connectivity index (χ0) is 16.9. The Bertz CT molecular complexity index is 714. The molecule has 6 heteroatoms. The normalized spacial score (nSPS) is 15.3. The molecule has 1 fully saturated rings. The molecule has 0 saturated carbocycles. The van der Waals surface area contributed by atoms with Crippen molar-refractivity contribution < 1.29 is 9.18 Å². The first-order valence-corrected chi connectivity index (χ1v) is 8.04. The first-order chi connectivity index (χ1) is 11.6. The number of carbonyl (C=O) groups excluding carboxylic acids is 1. The molecule has 0 aliphatic carbocycles. The van der Waals surface area contributed by atoms with Crippen LogP contribution in [0.2, 0.25) is 0 Å². The maximum Gasteiger partial charge on any atom is 0.270 e. The Hall–Kier alpha value is -2.47. The van der Waals surface area contributed by atoms with Gasteiger partial charge in [-0.2, -0.15) is 0 Å². The summed E-state index contributed by atoms with van der Waals surface area (Å²) in [5, 5.41) is 2.73. The predicted molar refractivity (Wildman–Crippen MR) is 91.5 cm³/mol. The average molecular weight is 328 g/mol. The van der Waals surface area contributed by atoms with Crippen molar-refractivity contribution in [2.24, 2.45) is 0 Å². The zero-order valence-corrected chi connectivity index (χ0v) is 13.7. The van der Waals surface area contributed by atoms with E-state index in [2.05, 4.69) is 27.1 Å². The molecular weight excluding hydrogens is 307 g/mol. The summed E-state index contributed by atoms with van der Waals surface area (Å²) >= 11 is 0. The molecule has 1 aromatic heterocycles. The molecule has 0 bridgehead atoms. The number of nitrogens with one attached hydrogen (secondary N) is 1. The highest BCUT2D eigenvalue weighted by Crippen LogP contribution is 2.16. The number of likely N-dealkylation sites (N-methyl/N-ethyl adjacent to an activating group) is 1. The summed E-state index contributed by atoms with van der Waals surface area (Å²) in [5.41, 5.74) is 1.80. The lowest BCUT2D eigenvalue weighted by molar-refractivity contribution is 0.0945. The topological polar surface area (TPSA) is 48.5 Å². The second-order valence-electron chi connectivity index (χ2n) is 5.96. The fourth-order valence-electron chi connectivity index (χ4n) is 2.71. The maximum absolute atomic E-state index is 13.6. The number of anilines is 1. The van der Waals surface area contributed by atoms with E-state index in [1.807, 2.05) is 6.07 Å². The molecule has 126 valence electrons. The van der Waals surface area contributed by atoms with E-state index in [0.717, 1.165) is 31.9 Å². The number of nitrogens with zero attached hydrogens (tertiary/aromatic N) is 3. The fraction of sp³-hybridized carbons (Fsp3) is 0.333. The molecule has 0 atom stereocenters. The lowest BCUT2D eigenvalue weighted by Gasteiger charge is -2.34. The smallest absolute Gasteiger partial charge is 0.270 e. The average Bonchev–Trinajstić information content (AvgIpc) is 2.61. The van der Waals surface area contributed by atoms with E-state index in [1.165, 1.54) is 6.07 Å². The van der Waals surface area contributed by atoms with Crippen LogP contribution in [0.4, 0.5) is 10.1 Å². The number of rotatable bonds is 4. The van der Waals surface area contributed by atoms with Gasteiger partial charge in [0.2, 0.25) is 0 Å². The number of hydrogen-bond acceptors (Lipinski definition) is 4. The summed E-state index contributed by atoms with van der Waals surface area (Å²) in [6.07, 6.45) is 1.64. The third-order valence-electron chi connectivity index (χ3n) is 4.24. The maximum atomic E-state index is 13.6. The fourth-order valence-corrected chi connectivity index (χ4v) is 2.71. The molecular formula is C18H21FN4O. The van der Waals surface area contributed by atoms with Gasteiger partial charge in [-0.05, 0) is 25.2 Å². The van der Waals surface area contributed by atoms with Crippen molar-refractivity contribution in [2.75, 3.05) is 38.1 Å². The Balaban J connectivity index is 1.65. The van der Waals surface area contributed by atoms with E-state index >= 15 is 0 Å². The van der Waals surface area contributed by atoms with Gasteiger partial charge < -0.3 is 15.1 Å². The number of piperazine rings is 1. The van der Waals surface area contributed by atoms with Crippen molar-refractivity contribution in [2.45, 2.75) is 6.54 Å². The zero-order valence-electron chi connectivity index (χ0n) is 13.7. The Morgan fingerprint density at radius 2 is 1.96 bits per heavy atom. The first kappa shape index (κ1) is 16.4. The Kier molecular flexibility index (Phi) is 5.05. The van der Waals surface area contributed by atoms with Crippen molar-refractivity contribution in [1.82, 2.24) is 15.2 Å². The van der Waals surface area contributed by atoms with E-state index in [0.29, 0.717) is 11.3 Å². The quantitative estimate of drug-likeness (QED) is 0.931. The lowest BCUT2D eigenvalue weighted by atomic mass is 10.2. The molecule has 2 heterocycles. The van der Waals surface area contributed by atoms with Crippen LogP contribution >= 0.6 is 0 Å². The molecule has 1 aliphatic heterocycles. The molecule has 24 heavy (non-hydrogen) atoms. The van der Waals surface area contributed by atoms with E-state index < -0.39 is 0 Å².